The van der Waals surface area contributed by atoms with Crippen LogP contribution in [0.3, 0.4) is 0 Å². The van der Waals surface area contributed by atoms with Crippen LogP contribution in [0.5, 0.6) is 6.01 Å². The summed E-state index contributed by atoms with van der Waals surface area (Å²) in [6, 6.07) is 16.9. The molecular formula is C29H31N7O2. The van der Waals surface area contributed by atoms with Crippen molar-refractivity contribution in [3.05, 3.63) is 67.1 Å². The number of aromatic nitrogens is 4. The number of benzene rings is 2. The summed E-state index contributed by atoms with van der Waals surface area (Å²) < 4.78 is 5.70. The van der Waals surface area contributed by atoms with Crippen molar-refractivity contribution in [3.8, 4) is 17.1 Å². The van der Waals surface area contributed by atoms with E-state index in [-0.39, 0.29) is 24.1 Å². The molecule has 0 unspecified atom stereocenters. The minimum Gasteiger partial charge on any atom is -0.457 e. The van der Waals surface area contributed by atoms with Crippen molar-refractivity contribution in [3.63, 3.8) is 0 Å². The number of amides is 1. The van der Waals surface area contributed by atoms with Gasteiger partial charge in [-0.3, -0.25) is 4.79 Å². The lowest BCUT2D eigenvalue weighted by atomic mass is 9.89. The Morgan fingerprint density at radius 3 is 2.34 bits per heavy atom. The summed E-state index contributed by atoms with van der Waals surface area (Å²) in [5.41, 5.74) is 3.76. The quantitative estimate of drug-likeness (QED) is 0.382. The third-order valence-corrected chi connectivity index (χ3v) is 7.35. The Labute approximate surface area is 221 Å². The summed E-state index contributed by atoms with van der Waals surface area (Å²) in [4.78, 5) is 32.5. The first kappa shape index (κ1) is 24.2. The van der Waals surface area contributed by atoms with E-state index in [9.17, 15) is 4.79 Å². The molecule has 2 aromatic heterocycles. The smallest absolute Gasteiger partial charge is 0.316 e. The number of nitrogens with zero attached hydrogens (tertiary/aromatic N) is 5. The molecule has 0 bridgehead atoms. The third-order valence-electron chi connectivity index (χ3n) is 7.35. The van der Waals surface area contributed by atoms with Crippen LogP contribution in [-0.2, 0) is 4.79 Å². The van der Waals surface area contributed by atoms with Crippen LogP contribution < -0.4 is 20.3 Å². The molecule has 1 aliphatic heterocycles. The number of fused-ring (bicyclic) bond motifs is 1. The molecule has 3 heterocycles. The predicted octanol–water partition coefficient (Wildman–Crippen LogP) is 4.21. The molecule has 9 nitrogen and oxygen atoms in total. The summed E-state index contributed by atoms with van der Waals surface area (Å²) in [6.45, 7) is 3.30. The topological polar surface area (TPSA) is 105 Å². The minimum atomic E-state index is 0.0577. The van der Waals surface area contributed by atoms with Crippen molar-refractivity contribution in [1.82, 2.24) is 25.3 Å². The molecule has 194 valence electrons. The Bertz CT molecular complexity index is 1400. The summed E-state index contributed by atoms with van der Waals surface area (Å²) in [7, 11) is 0. The van der Waals surface area contributed by atoms with Gasteiger partial charge in [-0.05, 0) is 49.4 Å². The molecule has 0 atom stereocenters. The molecule has 6 rings (SSSR count). The molecule has 1 amide bonds. The molecular weight excluding hydrogens is 478 g/mol. The van der Waals surface area contributed by atoms with Gasteiger partial charge in [-0.25, -0.2) is 19.9 Å². The molecule has 1 saturated heterocycles. The van der Waals surface area contributed by atoms with Crippen LogP contribution in [0.25, 0.3) is 22.0 Å². The molecule has 38 heavy (non-hydrogen) atoms. The highest BCUT2D eigenvalue weighted by Crippen LogP contribution is 2.31. The van der Waals surface area contributed by atoms with Crippen LogP contribution >= 0.6 is 0 Å². The second-order valence-electron chi connectivity index (χ2n) is 9.99. The van der Waals surface area contributed by atoms with E-state index >= 15 is 0 Å². The molecule has 2 aromatic carbocycles. The van der Waals surface area contributed by atoms with Gasteiger partial charge >= 0.3 is 6.01 Å². The predicted molar refractivity (Wildman–Crippen MR) is 147 cm³/mol. The van der Waals surface area contributed by atoms with Gasteiger partial charge in [0.2, 0.25) is 11.9 Å². The second kappa shape index (κ2) is 10.7. The Morgan fingerprint density at radius 1 is 0.921 bits per heavy atom. The summed E-state index contributed by atoms with van der Waals surface area (Å²) in [5.74, 6) is 0.720. The molecule has 0 radical (unpaired) electrons. The fourth-order valence-electron chi connectivity index (χ4n) is 5.19. The molecule has 4 aromatic rings. The van der Waals surface area contributed by atoms with Crippen LogP contribution in [0.2, 0.25) is 0 Å². The van der Waals surface area contributed by atoms with E-state index in [1.165, 1.54) is 0 Å². The second-order valence-corrected chi connectivity index (χ2v) is 9.99. The van der Waals surface area contributed by atoms with Crippen molar-refractivity contribution in [2.24, 2.45) is 0 Å². The van der Waals surface area contributed by atoms with Crippen molar-refractivity contribution in [2.45, 2.75) is 50.8 Å². The van der Waals surface area contributed by atoms with Gasteiger partial charge in [-0.15, -0.1) is 0 Å². The molecule has 2 aliphatic rings. The number of para-hydroxylation sites is 1. The highest BCUT2D eigenvalue weighted by atomic mass is 16.5. The average molecular weight is 510 g/mol. The van der Waals surface area contributed by atoms with Gasteiger partial charge in [-0.2, -0.15) is 0 Å². The fourth-order valence-corrected chi connectivity index (χ4v) is 5.19. The molecule has 1 aliphatic carbocycles. The number of rotatable bonds is 7. The van der Waals surface area contributed by atoms with Gasteiger partial charge in [0.15, 0.2) is 0 Å². The number of carbonyl (C=O) groups excluding carboxylic acids is 1. The SMILES string of the molecule is CC(=O)N(c1ccc(-c2cnc(OC3CNC3)nc2)cc1)C1CCC(Nc2ncc3ccccc3n2)CC1. The Hall–Kier alpha value is -4.11. The average Bonchev–Trinajstić information content (AvgIpc) is 2.92. The van der Waals surface area contributed by atoms with Crippen LogP contribution in [0.4, 0.5) is 11.6 Å². The minimum absolute atomic E-state index is 0.0577. The van der Waals surface area contributed by atoms with E-state index in [1.54, 1.807) is 19.3 Å². The lowest BCUT2D eigenvalue weighted by Gasteiger charge is -2.36. The standard InChI is InChI=1S/C29H31N7O2/c1-19(37)36(24-10-6-20(7-11-24)22-15-32-29(33-16-22)38-26-17-30-18-26)25-12-8-23(9-13-25)34-28-31-14-21-4-2-3-5-27(21)35-28/h2-7,10-11,14-16,23,25-26,30H,8-9,12-13,17-18H2,1H3,(H,31,34,35). The van der Waals surface area contributed by atoms with Crippen LogP contribution in [0.15, 0.2) is 67.1 Å². The van der Waals surface area contributed by atoms with E-state index < -0.39 is 0 Å². The molecule has 2 N–H and O–H groups in total. The summed E-state index contributed by atoms with van der Waals surface area (Å²) in [6.07, 6.45) is 9.29. The maximum atomic E-state index is 12.7. The van der Waals surface area contributed by atoms with Crippen molar-refractivity contribution < 1.29 is 9.53 Å². The number of anilines is 2. The zero-order chi connectivity index (χ0) is 25.9. The zero-order valence-electron chi connectivity index (χ0n) is 21.4. The number of carbonyl (C=O) groups is 1. The molecule has 9 heteroatoms. The normalized spacial score (nSPS) is 19.5. The number of hydrogen-bond donors (Lipinski definition) is 2. The number of ether oxygens (including phenoxy) is 1. The van der Waals surface area contributed by atoms with Crippen LogP contribution in [-0.4, -0.2) is 57.1 Å². The highest BCUT2D eigenvalue weighted by molar-refractivity contribution is 5.92. The first-order valence-electron chi connectivity index (χ1n) is 13.2. The Morgan fingerprint density at radius 2 is 1.66 bits per heavy atom. The van der Waals surface area contributed by atoms with Gasteiger partial charge in [0.25, 0.3) is 0 Å². The first-order valence-corrected chi connectivity index (χ1v) is 13.2. The molecule has 1 saturated carbocycles. The largest absolute Gasteiger partial charge is 0.457 e. The van der Waals surface area contributed by atoms with Crippen molar-refractivity contribution in [1.29, 1.82) is 0 Å². The van der Waals surface area contributed by atoms with Gasteiger partial charge in [0.1, 0.15) is 6.10 Å². The monoisotopic (exact) mass is 509 g/mol. The molecule has 0 spiro atoms. The molecule has 2 fully saturated rings. The van der Waals surface area contributed by atoms with Gasteiger partial charge < -0.3 is 20.3 Å². The lowest BCUT2D eigenvalue weighted by molar-refractivity contribution is -0.117. The van der Waals surface area contributed by atoms with E-state index in [2.05, 4.69) is 30.6 Å². The summed E-state index contributed by atoms with van der Waals surface area (Å²) >= 11 is 0. The maximum absolute atomic E-state index is 12.7. The van der Waals surface area contributed by atoms with Crippen LogP contribution in [0.1, 0.15) is 32.6 Å². The van der Waals surface area contributed by atoms with E-state index in [0.717, 1.165) is 66.5 Å². The zero-order valence-corrected chi connectivity index (χ0v) is 21.4. The maximum Gasteiger partial charge on any atom is 0.316 e. The van der Waals surface area contributed by atoms with Gasteiger partial charge in [0, 0.05) is 67.3 Å². The van der Waals surface area contributed by atoms with Crippen molar-refractivity contribution >= 4 is 28.4 Å². The number of nitrogens with one attached hydrogen (secondary N) is 2. The number of hydrogen-bond acceptors (Lipinski definition) is 8. The van der Waals surface area contributed by atoms with Crippen molar-refractivity contribution in [2.75, 3.05) is 23.3 Å². The van der Waals surface area contributed by atoms with E-state index in [1.807, 2.05) is 59.6 Å². The van der Waals surface area contributed by atoms with Crippen LogP contribution in [0, 0.1) is 0 Å². The Balaban J connectivity index is 1.08. The first-order chi connectivity index (χ1) is 18.6. The third kappa shape index (κ3) is 5.28. The summed E-state index contributed by atoms with van der Waals surface area (Å²) in [5, 5.41) is 7.70. The Kier molecular flexibility index (Phi) is 6.83. The fraction of sp³-hybridized carbons (Fsp3) is 0.345. The van der Waals surface area contributed by atoms with E-state index in [0.29, 0.717) is 12.0 Å². The lowest BCUT2D eigenvalue weighted by Crippen LogP contribution is -2.50. The van der Waals surface area contributed by atoms with Gasteiger partial charge in [-0.1, -0.05) is 30.3 Å². The highest BCUT2D eigenvalue weighted by Gasteiger charge is 2.29. The van der Waals surface area contributed by atoms with E-state index in [4.69, 9.17) is 4.74 Å². The van der Waals surface area contributed by atoms with Gasteiger partial charge in [0.05, 0.1) is 5.52 Å².